The Morgan fingerprint density at radius 3 is 2.35 bits per heavy atom. The molecule has 0 saturated heterocycles. The summed E-state index contributed by atoms with van der Waals surface area (Å²) < 4.78 is 10.4. The van der Waals surface area contributed by atoms with E-state index in [1.807, 2.05) is 6.92 Å². The molecule has 0 fully saturated rings. The molecule has 0 heterocycles. The number of hydrogen-bond donors (Lipinski definition) is 1. The summed E-state index contributed by atoms with van der Waals surface area (Å²) in [6, 6.07) is 10.4. The highest BCUT2D eigenvalue weighted by Gasteiger charge is 2.17. The van der Waals surface area contributed by atoms with Gasteiger partial charge in [0.05, 0.1) is 19.8 Å². The minimum atomic E-state index is -0.113. The second-order valence-electron chi connectivity index (χ2n) is 4.47. The van der Waals surface area contributed by atoms with Gasteiger partial charge in [-0.05, 0) is 48.9 Å². The maximum atomic E-state index is 12.6. The first kappa shape index (κ1) is 13.9. The van der Waals surface area contributed by atoms with Crippen LogP contribution in [0.5, 0.6) is 11.5 Å². The van der Waals surface area contributed by atoms with Gasteiger partial charge in [0.25, 0.3) is 0 Å². The van der Waals surface area contributed by atoms with Crippen molar-refractivity contribution in [1.82, 2.24) is 0 Å². The second-order valence-corrected chi connectivity index (χ2v) is 4.47. The third kappa shape index (κ3) is 2.59. The van der Waals surface area contributed by atoms with Crippen molar-refractivity contribution in [3.05, 3.63) is 53.1 Å². The first-order valence-corrected chi connectivity index (χ1v) is 6.19. The summed E-state index contributed by atoms with van der Waals surface area (Å²) >= 11 is 0. The molecule has 0 aliphatic rings. The van der Waals surface area contributed by atoms with Gasteiger partial charge in [0.2, 0.25) is 0 Å². The molecule has 0 unspecified atom stereocenters. The first-order valence-electron chi connectivity index (χ1n) is 6.19. The van der Waals surface area contributed by atoms with E-state index in [0.29, 0.717) is 28.3 Å². The number of benzene rings is 2. The van der Waals surface area contributed by atoms with Crippen molar-refractivity contribution in [3.8, 4) is 11.5 Å². The van der Waals surface area contributed by atoms with Gasteiger partial charge < -0.3 is 15.2 Å². The third-order valence-corrected chi connectivity index (χ3v) is 3.15. The molecule has 0 saturated carbocycles. The van der Waals surface area contributed by atoms with Gasteiger partial charge in [-0.15, -0.1) is 0 Å². The highest BCUT2D eigenvalue weighted by Crippen LogP contribution is 2.27. The van der Waals surface area contributed by atoms with Crippen molar-refractivity contribution in [2.45, 2.75) is 6.92 Å². The first-order chi connectivity index (χ1) is 9.56. The molecule has 0 bridgehead atoms. The van der Waals surface area contributed by atoms with Crippen LogP contribution in [0.15, 0.2) is 36.4 Å². The lowest BCUT2D eigenvalue weighted by Gasteiger charge is -2.11. The molecule has 0 radical (unpaired) electrons. The van der Waals surface area contributed by atoms with E-state index in [-0.39, 0.29) is 5.78 Å². The van der Waals surface area contributed by atoms with Crippen molar-refractivity contribution >= 4 is 11.5 Å². The summed E-state index contributed by atoms with van der Waals surface area (Å²) in [5, 5.41) is 0. The van der Waals surface area contributed by atoms with Crippen LogP contribution in [0.25, 0.3) is 0 Å². The SMILES string of the molecule is COc1ccc(OC)c(C(=O)c2ccc(N)cc2C)c1. The molecule has 2 N–H and O–H groups in total. The van der Waals surface area contributed by atoms with Gasteiger partial charge in [-0.25, -0.2) is 0 Å². The number of aryl methyl sites for hydroxylation is 1. The number of nitrogens with two attached hydrogens (primary N) is 1. The number of carbonyl (C=O) groups excluding carboxylic acids is 1. The Balaban J connectivity index is 2.51. The quantitative estimate of drug-likeness (QED) is 0.686. The van der Waals surface area contributed by atoms with Gasteiger partial charge in [-0.2, -0.15) is 0 Å². The molecule has 20 heavy (non-hydrogen) atoms. The van der Waals surface area contributed by atoms with Crippen LogP contribution in [-0.2, 0) is 0 Å². The molecule has 0 spiro atoms. The zero-order chi connectivity index (χ0) is 14.7. The molecule has 2 aromatic rings. The Labute approximate surface area is 118 Å². The Kier molecular flexibility index (Phi) is 3.94. The monoisotopic (exact) mass is 271 g/mol. The Bertz CT molecular complexity index is 650. The van der Waals surface area contributed by atoms with E-state index in [1.165, 1.54) is 7.11 Å². The maximum Gasteiger partial charge on any atom is 0.197 e. The van der Waals surface area contributed by atoms with Gasteiger partial charge >= 0.3 is 0 Å². The van der Waals surface area contributed by atoms with Gasteiger partial charge in [0.1, 0.15) is 11.5 Å². The van der Waals surface area contributed by atoms with Gasteiger partial charge in [-0.3, -0.25) is 4.79 Å². The fourth-order valence-electron chi connectivity index (χ4n) is 2.08. The summed E-state index contributed by atoms with van der Waals surface area (Å²) in [6.45, 7) is 1.86. The van der Waals surface area contributed by atoms with E-state index < -0.39 is 0 Å². The average Bonchev–Trinajstić information content (AvgIpc) is 2.46. The van der Waals surface area contributed by atoms with E-state index in [1.54, 1.807) is 43.5 Å². The number of ketones is 1. The third-order valence-electron chi connectivity index (χ3n) is 3.15. The van der Waals surface area contributed by atoms with Crippen molar-refractivity contribution in [2.24, 2.45) is 0 Å². The summed E-state index contributed by atoms with van der Waals surface area (Å²) in [6.07, 6.45) is 0. The van der Waals surface area contributed by atoms with Gasteiger partial charge in [0, 0.05) is 11.3 Å². The van der Waals surface area contributed by atoms with E-state index in [2.05, 4.69) is 0 Å². The van der Waals surface area contributed by atoms with Crippen LogP contribution in [0.3, 0.4) is 0 Å². The zero-order valence-electron chi connectivity index (χ0n) is 11.8. The standard InChI is InChI=1S/C16H17NO3/c1-10-8-11(17)4-6-13(10)16(18)14-9-12(19-2)5-7-15(14)20-3/h4-9H,17H2,1-3H3. The predicted octanol–water partition coefficient (Wildman–Crippen LogP) is 2.83. The fraction of sp³-hybridized carbons (Fsp3) is 0.188. The zero-order valence-corrected chi connectivity index (χ0v) is 11.8. The highest BCUT2D eigenvalue weighted by molar-refractivity contribution is 6.12. The van der Waals surface area contributed by atoms with Crippen molar-refractivity contribution < 1.29 is 14.3 Å². The topological polar surface area (TPSA) is 61.5 Å². The van der Waals surface area contributed by atoms with Crippen LogP contribution in [0, 0.1) is 6.92 Å². The van der Waals surface area contributed by atoms with Gasteiger partial charge in [0.15, 0.2) is 5.78 Å². The number of ether oxygens (including phenoxy) is 2. The lowest BCUT2D eigenvalue weighted by atomic mass is 9.98. The van der Waals surface area contributed by atoms with E-state index in [4.69, 9.17) is 15.2 Å². The molecule has 0 aromatic heterocycles. The lowest BCUT2D eigenvalue weighted by Crippen LogP contribution is -2.06. The number of anilines is 1. The molecule has 0 atom stereocenters. The van der Waals surface area contributed by atoms with Crippen LogP contribution in [-0.4, -0.2) is 20.0 Å². The minimum Gasteiger partial charge on any atom is -0.497 e. The molecular formula is C16H17NO3. The largest absolute Gasteiger partial charge is 0.497 e. The summed E-state index contributed by atoms with van der Waals surface area (Å²) in [5.74, 6) is 1.02. The van der Waals surface area contributed by atoms with Crippen molar-refractivity contribution in [3.63, 3.8) is 0 Å². The molecule has 0 amide bonds. The van der Waals surface area contributed by atoms with Crippen LogP contribution in [0.2, 0.25) is 0 Å². The molecule has 2 rings (SSSR count). The van der Waals surface area contributed by atoms with Crippen molar-refractivity contribution in [2.75, 3.05) is 20.0 Å². The van der Waals surface area contributed by atoms with Gasteiger partial charge in [-0.1, -0.05) is 0 Å². The molecule has 104 valence electrons. The number of rotatable bonds is 4. The molecule has 0 aliphatic carbocycles. The minimum absolute atomic E-state index is 0.113. The van der Waals surface area contributed by atoms with Crippen LogP contribution < -0.4 is 15.2 Å². The van der Waals surface area contributed by atoms with Crippen LogP contribution >= 0.6 is 0 Å². The highest BCUT2D eigenvalue weighted by atomic mass is 16.5. The van der Waals surface area contributed by atoms with Crippen molar-refractivity contribution in [1.29, 1.82) is 0 Å². The maximum absolute atomic E-state index is 12.6. The lowest BCUT2D eigenvalue weighted by molar-refractivity contribution is 0.103. The molecule has 4 heteroatoms. The number of carbonyl (C=O) groups is 1. The average molecular weight is 271 g/mol. The predicted molar refractivity (Wildman–Crippen MR) is 78.6 cm³/mol. The fourth-order valence-corrected chi connectivity index (χ4v) is 2.08. The summed E-state index contributed by atoms with van der Waals surface area (Å²) in [7, 11) is 3.10. The molecule has 2 aromatic carbocycles. The molecule has 0 aliphatic heterocycles. The van der Waals surface area contributed by atoms with E-state index in [9.17, 15) is 4.79 Å². The Hall–Kier alpha value is -2.49. The smallest absolute Gasteiger partial charge is 0.197 e. The van der Waals surface area contributed by atoms with E-state index >= 15 is 0 Å². The molecule has 4 nitrogen and oxygen atoms in total. The molecular weight excluding hydrogens is 254 g/mol. The van der Waals surface area contributed by atoms with Crippen LogP contribution in [0.4, 0.5) is 5.69 Å². The Morgan fingerprint density at radius 1 is 1.00 bits per heavy atom. The summed E-state index contributed by atoms with van der Waals surface area (Å²) in [4.78, 5) is 12.6. The Morgan fingerprint density at radius 2 is 1.75 bits per heavy atom. The normalized spacial score (nSPS) is 10.2. The number of methoxy groups -OCH3 is 2. The second kappa shape index (κ2) is 5.65. The summed E-state index contributed by atoms with van der Waals surface area (Å²) in [5.41, 5.74) is 8.26. The van der Waals surface area contributed by atoms with E-state index in [0.717, 1.165) is 5.56 Å². The van der Waals surface area contributed by atoms with Crippen LogP contribution in [0.1, 0.15) is 21.5 Å². The number of nitrogen functional groups attached to an aromatic ring is 1. The number of hydrogen-bond acceptors (Lipinski definition) is 4.